The van der Waals surface area contributed by atoms with Crippen molar-refractivity contribution in [1.82, 2.24) is 9.88 Å². The predicted molar refractivity (Wildman–Crippen MR) is 70.5 cm³/mol. The lowest BCUT2D eigenvalue weighted by Crippen LogP contribution is -2.27. The molecular formula is C13H12ClN3O. The van der Waals surface area contributed by atoms with Gasteiger partial charge in [0.2, 0.25) is 0 Å². The third kappa shape index (κ3) is 2.47. The van der Waals surface area contributed by atoms with Crippen molar-refractivity contribution in [2.24, 2.45) is 0 Å². The number of fused-ring (bicyclic) bond motifs is 1. The molecule has 0 bridgehead atoms. The fraction of sp³-hybridized carbons (Fsp3) is 0.231. The second-order valence-electron chi connectivity index (χ2n) is 4.05. The van der Waals surface area contributed by atoms with Gasteiger partial charge in [-0.2, -0.15) is 5.26 Å². The number of hydrogen-bond donors (Lipinski definition) is 1. The Labute approximate surface area is 110 Å². The minimum absolute atomic E-state index is 0.127. The van der Waals surface area contributed by atoms with Gasteiger partial charge in [-0.15, -0.1) is 0 Å². The van der Waals surface area contributed by atoms with E-state index in [-0.39, 0.29) is 5.91 Å². The highest BCUT2D eigenvalue weighted by atomic mass is 35.5. The summed E-state index contributed by atoms with van der Waals surface area (Å²) in [5.41, 5.74) is 1.38. The largest absolute Gasteiger partial charge is 0.351 e. The first kappa shape index (κ1) is 12.5. The summed E-state index contributed by atoms with van der Waals surface area (Å²) in [6.45, 7) is 0.422. The van der Waals surface area contributed by atoms with Crippen LogP contribution in [0.4, 0.5) is 0 Å². The summed E-state index contributed by atoms with van der Waals surface area (Å²) in [5, 5.41) is 10.0. The van der Waals surface area contributed by atoms with E-state index in [4.69, 9.17) is 16.9 Å². The normalized spacial score (nSPS) is 10.3. The van der Waals surface area contributed by atoms with Gasteiger partial charge in [-0.3, -0.25) is 4.79 Å². The highest BCUT2D eigenvalue weighted by molar-refractivity contribution is 6.31. The third-order valence-corrected chi connectivity index (χ3v) is 2.95. The molecule has 92 valence electrons. The molecule has 18 heavy (non-hydrogen) atoms. The van der Waals surface area contributed by atoms with Gasteiger partial charge in [0.1, 0.15) is 5.69 Å². The lowest BCUT2D eigenvalue weighted by atomic mass is 10.2. The van der Waals surface area contributed by atoms with Crippen LogP contribution in [0.3, 0.4) is 0 Å². The molecule has 2 aromatic rings. The molecule has 4 nitrogen and oxygen atoms in total. The molecule has 1 amide bonds. The molecule has 1 aromatic carbocycles. The molecule has 0 saturated heterocycles. The predicted octanol–water partition coefficient (Wildman–Crippen LogP) is 2.81. The van der Waals surface area contributed by atoms with Crippen LogP contribution < -0.4 is 0 Å². The van der Waals surface area contributed by atoms with Gasteiger partial charge in [0, 0.05) is 29.5 Å². The van der Waals surface area contributed by atoms with Gasteiger partial charge in [0.15, 0.2) is 0 Å². The van der Waals surface area contributed by atoms with Gasteiger partial charge in [-0.05, 0) is 24.3 Å². The highest BCUT2D eigenvalue weighted by Crippen LogP contribution is 2.20. The number of rotatable bonds is 3. The Balaban J connectivity index is 2.26. The van der Waals surface area contributed by atoms with Crippen LogP contribution >= 0.6 is 11.6 Å². The Morgan fingerprint density at radius 3 is 3.00 bits per heavy atom. The zero-order chi connectivity index (χ0) is 13.1. The maximum Gasteiger partial charge on any atom is 0.270 e. The van der Waals surface area contributed by atoms with Gasteiger partial charge in [-0.25, -0.2) is 0 Å². The van der Waals surface area contributed by atoms with E-state index in [9.17, 15) is 4.79 Å². The van der Waals surface area contributed by atoms with E-state index in [2.05, 4.69) is 4.98 Å². The van der Waals surface area contributed by atoms with Crippen LogP contribution in [0.2, 0.25) is 5.02 Å². The Bertz CT molecular complexity index is 627. The summed E-state index contributed by atoms with van der Waals surface area (Å²) in [7, 11) is 1.68. The summed E-state index contributed by atoms with van der Waals surface area (Å²) < 4.78 is 0. The Hall–Kier alpha value is -1.99. The Morgan fingerprint density at radius 2 is 2.28 bits per heavy atom. The number of benzene rings is 1. The molecule has 5 heteroatoms. The average Bonchev–Trinajstić information content (AvgIpc) is 2.77. The van der Waals surface area contributed by atoms with Crippen molar-refractivity contribution in [3.05, 3.63) is 35.0 Å². The zero-order valence-electron chi connectivity index (χ0n) is 9.90. The number of nitriles is 1. The first-order valence-corrected chi connectivity index (χ1v) is 5.90. The van der Waals surface area contributed by atoms with Crippen molar-refractivity contribution in [2.75, 3.05) is 13.6 Å². The smallest absolute Gasteiger partial charge is 0.270 e. The van der Waals surface area contributed by atoms with Crippen LogP contribution in [0.25, 0.3) is 10.9 Å². The molecule has 0 aliphatic carbocycles. The number of nitrogens with zero attached hydrogens (tertiary/aromatic N) is 2. The Morgan fingerprint density at radius 1 is 1.50 bits per heavy atom. The van der Waals surface area contributed by atoms with E-state index >= 15 is 0 Å². The molecule has 2 rings (SSSR count). The van der Waals surface area contributed by atoms with E-state index in [0.29, 0.717) is 23.7 Å². The van der Waals surface area contributed by atoms with Crippen LogP contribution in [-0.2, 0) is 0 Å². The van der Waals surface area contributed by atoms with E-state index < -0.39 is 0 Å². The van der Waals surface area contributed by atoms with Crippen molar-refractivity contribution in [1.29, 1.82) is 5.26 Å². The van der Waals surface area contributed by atoms with Crippen LogP contribution in [-0.4, -0.2) is 29.4 Å². The van der Waals surface area contributed by atoms with Crippen LogP contribution in [0, 0.1) is 11.3 Å². The van der Waals surface area contributed by atoms with Gasteiger partial charge in [-0.1, -0.05) is 11.6 Å². The molecule has 1 heterocycles. The van der Waals surface area contributed by atoms with Crippen molar-refractivity contribution in [2.45, 2.75) is 6.42 Å². The van der Waals surface area contributed by atoms with Gasteiger partial charge < -0.3 is 9.88 Å². The highest BCUT2D eigenvalue weighted by Gasteiger charge is 2.13. The van der Waals surface area contributed by atoms with Crippen molar-refractivity contribution < 1.29 is 4.79 Å². The maximum atomic E-state index is 12.1. The zero-order valence-corrected chi connectivity index (χ0v) is 10.7. The summed E-state index contributed by atoms with van der Waals surface area (Å²) in [5.74, 6) is -0.127. The number of hydrogen-bond acceptors (Lipinski definition) is 2. The molecule has 0 fully saturated rings. The van der Waals surface area contributed by atoms with E-state index in [1.807, 2.05) is 12.1 Å². The van der Waals surface area contributed by atoms with Crippen molar-refractivity contribution in [3.8, 4) is 6.07 Å². The fourth-order valence-corrected chi connectivity index (χ4v) is 1.92. The summed E-state index contributed by atoms with van der Waals surface area (Å²) >= 11 is 5.89. The first-order chi connectivity index (χ1) is 8.61. The minimum atomic E-state index is -0.127. The monoisotopic (exact) mass is 261 g/mol. The van der Waals surface area contributed by atoms with Crippen molar-refractivity contribution >= 4 is 28.4 Å². The number of H-pyrrole nitrogens is 1. The molecule has 0 radical (unpaired) electrons. The van der Waals surface area contributed by atoms with E-state index in [1.54, 1.807) is 25.2 Å². The molecule has 0 saturated carbocycles. The number of nitrogens with one attached hydrogen (secondary N) is 1. The van der Waals surface area contributed by atoms with Crippen LogP contribution in [0.15, 0.2) is 24.3 Å². The first-order valence-electron chi connectivity index (χ1n) is 5.52. The van der Waals surface area contributed by atoms with E-state index in [1.165, 1.54) is 4.90 Å². The molecule has 1 aromatic heterocycles. The fourth-order valence-electron chi connectivity index (χ4n) is 1.74. The number of halogens is 1. The molecule has 0 atom stereocenters. The summed E-state index contributed by atoms with van der Waals surface area (Å²) in [4.78, 5) is 16.6. The maximum absolute atomic E-state index is 12.1. The molecule has 0 aliphatic rings. The number of aromatic nitrogens is 1. The molecule has 0 spiro atoms. The summed E-state index contributed by atoms with van der Waals surface area (Å²) in [6.07, 6.45) is 0.328. The number of carbonyl (C=O) groups is 1. The average molecular weight is 262 g/mol. The number of aromatic amines is 1. The quantitative estimate of drug-likeness (QED) is 0.924. The van der Waals surface area contributed by atoms with Gasteiger partial charge >= 0.3 is 0 Å². The Kier molecular flexibility index (Phi) is 3.54. The lowest BCUT2D eigenvalue weighted by Gasteiger charge is -2.13. The molecular weight excluding hydrogens is 250 g/mol. The second kappa shape index (κ2) is 5.11. The second-order valence-corrected chi connectivity index (χ2v) is 4.49. The third-order valence-electron chi connectivity index (χ3n) is 2.72. The lowest BCUT2D eigenvalue weighted by molar-refractivity contribution is 0.0793. The minimum Gasteiger partial charge on any atom is -0.351 e. The molecule has 0 aliphatic heterocycles. The summed E-state index contributed by atoms with van der Waals surface area (Å²) in [6, 6.07) is 9.20. The van der Waals surface area contributed by atoms with Gasteiger partial charge in [0.25, 0.3) is 5.91 Å². The standard InChI is InChI=1S/C13H12ClN3O/c1-17(6-2-5-15)13(18)12-8-9-7-10(14)3-4-11(9)16-12/h3-4,7-8,16H,2,6H2,1H3. The molecule has 1 N–H and O–H groups in total. The van der Waals surface area contributed by atoms with Crippen molar-refractivity contribution in [3.63, 3.8) is 0 Å². The SMILES string of the molecule is CN(CCC#N)C(=O)c1cc2cc(Cl)ccc2[nH]1. The van der Waals surface area contributed by atoms with Crippen LogP contribution in [0.5, 0.6) is 0 Å². The topological polar surface area (TPSA) is 59.9 Å². The van der Waals surface area contributed by atoms with Crippen LogP contribution in [0.1, 0.15) is 16.9 Å². The number of amides is 1. The molecule has 0 unspecified atom stereocenters. The van der Waals surface area contributed by atoms with E-state index in [0.717, 1.165) is 10.9 Å². The number of carbonyl (C=O) groups excluding carboxylic acids is 1. The van der Waals surface area contributed by atoms with Gasteiger partial charge in [0.05, 0.1) is 12.5 Å².